The molecule has 108 valence electrons. The zero-order valence-corrected chi connectivity index (χ0v) is 12.2. The molecule has 0 unspecified atom stereocenters. The van der Waals surface area contributed by atoms with E-state index in [1.54, 1.807) is 6.92 Å². The summed E-state index contributed by atoms with van der Waals surface area (Å²) in [4.78, 5) is 16.2. The summed E-state index contributed by atoms with van der Waals surface area (Å²) in [6.07, 6.45) is 4.53. The molecule has 1 atom stereocenters. The van der Waals surface area contributed by atoms with Gasteiger partial charge in [-0.1, -0.05) is 31.0 Å². The molecule has 1 aliphatic carbocycles. The Hall–Kier alpha value is -1.75. The summed E-state index contributed by atoms with van der Waals surface area (Å²) in [5.41, 5.74) is 4.73. The second-order valence-corrected chi connectivity index (χ2v) is 6.32. The number of carbonyl (C=O) groups excluding carboxylic acids is 1. The van der Waals surface area contributed by atoms with Crippen molar-refractivity contribution in [3.63, 3.8) is 0 Å². The molecule has 8 heteroatoms. The predicted molar refractivity (Wildman–Crippen MR) is 75.7 cm³/mol. The predicted octanol–water partition coefficient (Wildman–Crippen LogP) is 1.21. The molecule has 1 aliphatic rings. The lowest BCUT2D eigenvalue weighted by molar-refractivity contribution is -0.121. The Balaban J connectivity index is 1.94. The lowest BCUT2D eigenvalue weighted by Crippen LogP contribution is -2.50. The molecule has 0 radical (unpaired) electrons. The Morgan fingerprint density at radius 2 is 2.25 bits per heavy atom. The number of nitrogens with zero attached hydrogens (tertiary/aromatic N) is 3. The molecule has 1 heterocycles. The Labute approximate surface area is 121 Å². The number of hydrogen-bond donors (Lipinski definition) is 3. The topological polar surface area (TPSA) is 120 Å². The van der Waals surface area contributed by atoms with Crippen molar-refractivity contribution >= 4 is 23.6 Å². The van der Waals surface area contributed by atoms with Gasteiger partial charge in [0.25, 0.3) is 0 Å². The molecule has 1 amide bonds. The van der Waals surface area contributed by atoms with Crippen LogP contribution in [0.4, 0.5) is 5.95 Å². The third-order valence-electron chi connectivity index (χ3n) is 3.42. The van der Waals surface area contributed by atoms with Crippen LogP contribution in [0, 0.1) is 11.3 Å². The zero-order valence-electron chi connectivity index (χ0n) is 11.3. The molecule has 1 aromatic rings. The van der Waals surface area contributed by atoms with Crippen molar-refractivity contribution < 1.29 is 4.79 Å². The maximum Gasteiger partial charge on any atom is 0.234 e. The van der Waals surface area contributed by atoms with Crippen LogP contribution in [0.2, 0.25) is 0 Å². The van der Waals surface area contributed by atoms with E-state index in [9.17, 15) is 10.1 Å². The number of H-pyrrole nitrogens is 1. The van der Waals surface area contributed by atoms with Gasteiger partial charge in [-0.25, -0.2) is 5.10 Å². The standard InChI is InChI=1S/C12H18N6OS/c1-8(20-11-15-10(14)17-18-11)9(19)16-12(7-13)5-3-2-4-6-12/h8H,2-6H2,1H3,(H,16,19)(H3,14,15,17,18)/t8-/m1/s1. The maximum atomic E-state index is 12.2. The van der Waals surface area contributed by atoms with Crippen molar-refractivity contribution in [2.45, 2.75) is 55.0 Å². The van der Waals surface area contributed by atoms with Gasteiger partial charge in [-0.3, -0.25) is 4.79 Å². The minimum atomic E-state index is -0.706. The lowest BCUT2D eigenvalue weighted by Gasteiger charge is -2.32. The van der Waals surface area contributed by atoms with E-state index >= 15 is 0 Å². The Morgan fingerprint density at radius 3 is 2.80 bits per heavy atom. The van der Waals surface area contributed by atoms with E-state index < -0.39 is 5.54 Å². The number of rotatable bonds is 4. The summed E-state index contributed by atoms with van der Waals surface area (Å²) in [5.74, 6) is 0.0581. The highest BCUT2D eigenvalue weighted by atomic mass is 32.2. The Kier molecular flexibility index (Phi) is 4.49. The van der Waals surface area contributed by atoms with Gasteiger partial charge < -0.3 is 11.1 Å². The van der Waals surface area contributed by atoms with Crippen molar-refractivity contribution in [3.05, 3.63) is 0 Å². The number of nitrogens with two attached hydrogens (primary N) is 1. The molecule has 0 bridgehead atoms. The molecule has 1 aromatic heterocycles. The summed E-state index contributed by atoms with van der Waals surface area (Å²) < 4.78 is 0. The fourth-order valence-corrected chi connectivity index (χ4v) is 3.01. The SMILES string of the molecule is C[C@@H](Sc1n[nH]c(N)n1)C(=O)NC1(C#N)CCCCC1. The van der Waals surface area contributed by atoms with Crippen LogP contribution in [0.15, 0.2) is 5.16 Å². The van der Waals surface area contributed by atoms with Crippen LogP contribution in [0.3, 0.4) is 0 Å². The van der Waals surface area contributed by atoms with Gasteiger partial charge in [0.15, 0.2) is 0 Å². The van der Waals surface area contributed by atoms with Crippen molar-refractivity contribution in [1.82, 2.24) is 20.5 Å². The fraction of sp³-hybridized carbons (Fsp3) is 0.667. The van der Waals surface area contributed by atoms with Crippen molar-refractivity contribution in [1.29, 1.82) is 5.26 Å². The molecule has 7 nitrogen and oxygen atoms in total. The molecule has 0 aromatic carbocycles. The fourth-order valence-electron chi connectivity index (χ4n) is 2.28. The molecule has 20 heavy (non-hydrogen) atoms. The number of nitrogen functional groups attached to an aromatic ring is 1. The van der Waals surface area contributed by atoms with Gasteiger partial charge >= 0.3 is 0 Å². The number of nitrogens with one attached hydrogen (secondary N) is 2. The number of amides is 1. The molecule has 4 N–H and O–H groups in total. The van der Waals surface area contributed by atoms with E-state index in [0.29, 0.717) is 5.16 Å². The minimum Gasteiger partial charge on any atom is -0.368 e. The second kappa shape index (κ2) is 6.13. The zero-order chi connectivity index (χ0) is 14.6. The number of anilines is 1. The summed E-state index contributed by atoms with van der Waals surface area (Å²) >= 11 is 1.22. The van der Waals surface area contributed by atoms with Crippen LogP contribution in [-0.4, -0.2) is 31.9 Å². The van der Waals surface area contributed by atoms with Crippen LogP contribution < -0.4 is 11.1 Å². The molecule has 0 aliphatic heterocycles. The molecular formula is C12H18N6OS. The molecule has 2 rings (SSSR count). The smallest absolute Gasteiger partial charge is 0.234 e. The first-order chi connectivity index (χ1) is 9.54. The van der Waals surface area contributed by atoms with Gasteiger partial charge in [-0.15, -0.1) is 5.10 Å². The van der Waals surface area contributed by atoms with E-state index in [-0.39, 0.29) is 17.1 Å². The van der Waals surface area contributed by atoms with E-state index in [1.165, 1.54) is 11.8 Å². The second-order valence-electron chi connectivity index (χ2n) is 5.01. The number of carbonyl (C=O) groups is 1. The van der Waals surface area contributed by atoms with Crippen LogP contribution in [0.5, 0.6) is 0 Å². The lowest BCUT2D eigenvalue weighted by atomic mass is 9.83. The van der Waals surface area contributed by atoms with Gasteiger partial charge in [-0.2, -0.15) is 10.2 Å². The van der Waals surface area contributed by atoms with Crippen molar-refractivity contribution in [2.24, 2.45) is 0 Å². The van der Waals surface area contributed by atoms with Crippen molar-refractivity contribution in [3.8, 4) is 6.07 Å². The van der Waals surface area contributed by atoms with Gasteiger partial charge in [-0.05, 0) is 19.8 Å². The van der Waals surface area contributed by atoms with E-state index in [1.807, 2.05) is 0 Å². The first-order valence-corrected chi connectivity index (χ1v) is 7.50. The van der Waals surface area contributed by atoms with Crippen LogP contribution in [0.25, 0.3) is 0 Å². The average molecular weight is 294 g/mol. The maximum absolute atomic E-state index is 12.2. The number of thioether (sulfide) groups is 1. The highest BCUT2D eigenvalue weighted by Crippen LogP contribution is 2.28. The number of hydrogen-bond acceptors (Lipinski definition) is 6. The summed E-state index contributed by atoms with van der Waals surface area (Å²) in [6, 6.07) is 2.27. The summed E-state index contributed by atoms with van der Waals surface area (Å²) in [5, 5.41) is 18.7. The van der Waals surface area contributed by atoms with Crippen LogP contribution in [-0.2, 0) is 4.79 Å². The Bertz CT molecular complexity index is 516. The molecular weight excluding hydrogens is 276 g/mol. The van der Waals surface area contributed by atoms with Crippen LogP contribution >= 0.6 is 11.8 Å². The third kappa shape index (κ3) is 3.42. The Morgan fingerprint density at radius 1 is 1.55 bits per heavy atom. The molecule has 0 spiro atoms. The largest absolute Gasteiger partial charge is 0.368 e. The molecule has 1 fully saturated rings. The third-order valence-corrected chi connectivity index (χ3v) is 4.38. The van der Waals surface area contributed by atoms with Gasteiger partial charge in [0.1, 0.15) is 5.54 Å². The average Bonchev–Trinajstić information content (AvgIpc) is 2.85. The van der Waals surface area contributed by atoms with E-state index in [2.05, 4.69) is 26.6 Å². The first kappa shape index (κ1) is 14.7. The van der Waals surface area contributed by atoms with Gasteiger partial charge in [0.05, 0.1) is 11.3 Å². The quantitative estimate of drug-likeness (QED) is 0.718. The summed E-state index contributed by atoms with van der Waals surface area (Å²) in [7, 11) is 0. The van der Waals surface area contributed by atoms with E-state index in [4.69, 9.17) is 5.73 Å². The molecule has 1 saturated carbocycles. The van der Waals surface area contributed by atoms with E-state index in [0.717, 1.165) is 32.1 Å². The monoisotopic (exact) mass is 294 g/mol. The summed E-state index contributed by atoms with van der Waals surface area (Å²) in [6.45, 7) is 1.76. The first-order valence-electron chi connectivity index (χ1n) is 6.62. The number of aromatic nitrogens is 3. The number of nitriles is 1. The van der Waals surface area contributed by atoms with Gasteiger partial charge in [0, 0.05) is 0 Å². The van der Waals surface area contributed by atoms with Crippen molar-refractivity contribution in [2.75, 3.05) is 5.73 Å². The van der Waals surface area contributed by atoms with Crippen LogP contribution in [0.1, 0.15) is 39.0 Å². The minimum absolute atomic E-state index is 0.165. The normalized spacial score (nSPS) is 19.0. The highest BCUT2D eigenvalue weighted by Gasteiger charge is 2.35. The highest BCUT2D eigenvalue weighted by molar-refractivity contribution is 8.00. The number of aromatic amines is 1. The van der Waals surface area contributed by atoms with Gasteiger partial charge in [0.2, 0.25) is 17.0 Å². The molecule has 0 saturated heterocycles.